The van der Waals surface area contributed by atoms with Crippen LogP contribution in [0.5, 0.6) is 11.5 Å². The van der Waals surface area contributed by atoms with Crippen molar-refractivity contribution >= 4 is 11.8 Å². The lowest BCUT2D eigenvalue weighted by Gasteiger charge is -2.32. The Labute approximate surface area is 177 Å². The van der Waals surface area contributed by atoms with E-state index in [2.05, 4.69) is 5.32 Å². The maximum absolute atomic E-state index is 13.5. The highest BCUT2D eigenvalue weighted by Gasteiger charge is 2.35. The normalized spacial score (nSPS) is 18.0. The highest BCUT2D eigenvalue weighted by Crippen LogP contribution is 2.31. The zero-order valence-electron chi connectivity index (χ0n) is 17.3. The predicted molar refractivity (Wildman–Crippen MR) is 114 cm³/mol. The van der Waals surface area contributed by atoms with Crippen molar-refractivity contribution in [3.63, 3.8) is 0 Å². The minimum Gasteiger partial charge on any atom is -0.497 e. The fraction of sp³-hybridized carbons (Fsp3) is 0.417. The second-order valence-electron chi connectivity index (χ2n) is 7.87. The number of carbonyl (C=O) groups is 2. The smallest absolute Gasteiger partial charge is 0.258 e. The zero-order chi connectivity index (χ0) is 20.9. The van der Waals surface area contributed by atoms with Crippen LogP contribution in [0.4, 0.5) is 0 Å². The van der Waals surface area contributed by atoms with Gasteiger partial charge in [-0.15, -0.1) is 0 Å². The molecule has 2 aliphatic rings. The van der Waals surface area contributed by atoms with Crippen molar-refractivity contribution in [2.24, 2.45) is 0 Å². The number of hydrogen-bond donors (Lipinski definition) is 1. The average molecular weight is 408 g/mol. The van der Waals surface area contributed by atoms with Crippen molar-refractivity contribution in [2.45, 2.75) is 44.2 Å². The number of para-hydroxylation sites is 1. The summed E-state index contributed by atoms with van der Waals surface area (Å²) < 4.78 is 11.2. The lowest BCUT2D eigenvalue weighted by atomic mass is 9.94. The zero-order valence-corrected chi connectivity index (χ0v) is 17.3. The van der Waals surface area contributed by atoms with Crippen LogP contribution in [-0.2, 0) is 4.79 Å². The number of methoxy groups -OCH3 is 1. The van der Waals surface area contributed by atoms with E-state index in [1.807, 2.05) is 36.4 Å². The molecule has 2 amide bonds. The van der Waals surface area contributed by atoms with Crippen molar-refractivity contribution in [1.29, 1.82) is 0 Å². The topological polar surface area (TPSA) is 67.9 Å². The Kier molecular flexibility index (Phi) is 6.21. The first-order valence-electron chi connectivity index (χ1n) is 10.6. The van der Waals surface area contributed by atoms with Crippen LogP contribution in [0.3, 0.4) is 0 Å². The second kappa shape index (κ2) is 9.20. The lowest BCUT2D eigenvalue weighted by molar-refractivity contribution is -0.127. The van der Waals surface area contributed by atoms with E-state index in [-0.39, 0.29) is 17.9 Å². The molecule has 30 heavy (non-hydrogen) atoms. The van der Waals surface area contributed by atoms with Gasteiger partial charge < -0.3 is 19.7 Å². The van der Waals surface area contributed by atoms with Gasteiger partial charge in [-0.25, -0.2) is 0 Å². The standard InChI is InChI=1S/C24H28N2O4/c1-29-19-11-7-8-17(16-19)22(23(27)25-18-9-3-2-4-10-18)26-14-15-30-21-13-6-5-12-20(21)24(26)28/h5-8,11-13,16,18,22H,2-4,9-10,14-15H2,1H3,(H,25,27). The number of rotatable bonds is 5. The molecule has 1 heterocycles. The molecule has 1 aliphatic heterocycles. The van der Waals surface area contributed by atoms with Crippen LogP contribution in [0.2, 0.25) is 0 Å². The van der Waals surface area contributed by atoms with Crippen molar-refractivity contribution in [1.82, 2.24) is 10.2 Å². The van der Waals surface area contributed by atoms with Crippen LogP contribution in [0.1, 0.15) is 54.1 Å². The Morgan fingerprint density at radius 1 is 1.13 bits per heavy atom. The van der Waals surface area contributed by atoms with Crippen LogP contribution < -0.4 is 14.8 Å². The molecule has 0 radical (unpaired) electrons. The highest BCUT2D eigenvalue weighted by molar-refractivity contribution is 6.00. The van der Waals surface area contributed by atoms with Gasteiger partial charge in [0.25, 0.3) is 5.91 Å². The summed E-state index contributed by atoms with van der Waals surface area (Å²) in [4.78, 5) is 28.6. The van der Waals surface area contributed by atoms with Gasteiger partial charge in [0.05, 0.1) is 19.2 Å². The minimum absolute atomic E-state index is 0.150. The predicted octanol–water partition coefficient (Wildman–Crippen LogP) is 3.72. The molecule has 1 N–H and O–H groups in total. The molecule has 2 aromatic rings. The number of benzene rings is 2. The van der Waals surface area contributed by atoms with Gasteiger partial charge in [0.1, 0.15) is 24.1 Å². The van der Waals surface area contributed by atoms with Gasteiger partial charge in [-0.05, 0) is 42.7 Å². The molecule has 0 aromatic heterocycles. The minimum atomic E-state index is -0.746. The summed E-state index contributed by atoms with van der Waals surface area (Å²) in [5.41, 5.74) is 1.21. The summed E-state index contributed by atoms with van der Waals surface area (Å²) in [5, 5.41) is 3.20. The molecular weight excluding hydrogens is 380 g/mol. The maximum Gasteiger partial charge on any atom is 0.258 e. The van der Waals surface area contributed by atoms with Gasteiger partial charge in [-0.2, -0.15) is 0 Å². The Balaban J connectivity index is 1.68. The summed E-state index contributed by atoms with van der Waals surface area (Å²) in [7, 11) is 1.59. The second-order valence-corrected chi connectivity index (χ2v) is 7.87. The molecule has 6 nitrogen and oxygen atoms in total. The molecule has 1 saturated carbocycles. The Bertz CT molecular complexity index is 908. The summed E-state index contributed by atoms with van der Waals surface area (Å²) >= 11 is 0. The van der Waals surface area contributed by atoms with E-state index in [9.17, 15) is 9.59 Å². The van der Waals surface area contributed by atoms with E-state index in [1.54, 1.807) is 24.1 Å². The molecule has 2 aromatic carbocycles. The SMILES string of the molecule is COc1cccc(C(C(=O)NC2CCCCC2)N2CCOc3ccccc3C2=O)c1. The fourth-order valence-electron chi connectivity index (χ4n) is 4.34. The van der Waals surface area contributed by atoms with Gasteiger partial charge in [0.2, 0.25) is 5.91 Å². The molecule has 0 bridgehead atoms. The average Bonchev–Trinajstić information content (AvgIpc) is 2.94. The molecule has 6 heteroatoms. The van der Waals surface area contributed by atoms with Crippen LogP contribution >= 0.6 is 0 Å². The monoisotopic (exact) mass is 408 g/mol. The number of nitrogens with zero attached hydrogens (tertiary/aromatic N) is 1. The number of carbonyl (C=O) groups excluding carboxylic acids is 2. The molecule has 4 rings (SSSR count). The number of ether oxygens (including phenoxy) is 2. The summed E-state index contributed by atoms with van der Waals surface area (Å²) in [6.45, 7) is 0.660. The highest BCUT2D eigenvalue weighted by atomic mass is 16.5. The quantitative estimate of drug-likeness (QED) is 0.819. The first kappa shape index (κ1) is 20.3. The van der Waals surface area contributed by atoms with Crippen molar-refractivity contribution in [2.75, 3.05) is 20.3 Å². The van der Waals surface area contributed by atoms with Gasteiger partial charge >= 0.3 is 0 Å². The van der Waals surface area contributed by atoms with Crippen molar-refractivity contribution < 1.29 is 19.1 Å². The number of nitrogens with one attached hydrogen (secondary N) is 1. The van der Waals surface area contributed by atoms with E-state index < -0.39 is 6.04 Å². The van der Waals surface area contributed by atoms with E-state index >= 15 is 0 Å². The molecule has 0 saturated heterocycles. The van der Waals surface area contributed by atoms with E-state index in [0.717, 1.165) is 31.2 Å². The van der Waals surface area contributed by atoms with Crippen LogP contribution in [-0.4, -0.2) is 43.0 Å². The summed E-state index contributed by atoms with van der Waals surface area (Å²) in [6.07, 6.45) is 5.43. The third-order valence-electron chi connectivity index (χ3n) is 5.89. The lowest BCUT2D eigenvalue weighted by Crippen LogP contribution is -2.47. The largest absolute Gasteiger partial charge is 0.497 e. The van der Waals surface area contributed by atoms with Crippen LogP contribution in [0, 0.1) is 0 Å². The van der Waals surface area contributed by atoms with Crippen molar-refractivity contribution in [3.05, 3.63) is 59.7 Å². The number of fused-ring (bicyclic) bond motifs is 1. The first-order chi connectivity index (χ1) is 14.7. The van der Waals surface area contributed by atoms with Gasteiger partial charge in [0, 0.05) is 6.04 Å². The van der Waals surface area contributed by atoms with Crippen LogP contribution in [0.15, 0.2) is 48.5 Å². The fourth-order valence-corrected chi connectivity index (χ4v) is 4.34. The first-order valence-corrected chi connectivity index (χ1v) is 10.6. The van der Waals surface area contributed by atoms with Gasteiger partial charge in [-0.3, -0.25) is 9.59 Å². The Hall–Kier alpha value is -3.02. The number of amides is 2. The molecule has 1 aliphatic carbocycles. The van der Waals surface area contributed by atoms with Crippen molar-refractivity contribution in [3.8, 4) is 11.5 Å². The van der Waals surface area contributed by atoms with E-state index in [1.165, 1.54) is 6.42 Å². The third kappa shape index (κ3) is 4.27. The Morgan fingerprint density at radius 2 is 1.93 bits per heavy atom. The summed E-state index contributed by atoms with van der Waals surface area (Å²) in [5.74, 6) is 0.863. The number of hydrogen-bond acceptors (Lipinski definition) is 4. The van der Waals surface area contributed by atoms with Gasteiger partial charge in [-0.1, -0.05) is 43.5 Å². The molecule has 1 fully saturated rings. The molecule has 158 valence electrons. The molecule has 1 atom stereocenters. The molecule has 0 spiro atoms. The molecule has 1 unspecified atom stereocenters. The Morgan fingerprint density at radius 3 is 2.73 bits per heavy atom. The maximum atomic E-state index is 13.5. The molecular formula is C24H28N2O4. The van der Waals surface area contributed by atoms with Crippen LogP contribution in [0.25, 0.3) is 0 Å². The van der Waals surface area contributed by atoms with Gasteiger partial charge in [0.15, 0.2) is 0 Å². The van der Waals surface area contributed by atoms with E-state index in [0.29, 0.717) is 30.2 Å². The third-order valence-corrected chi connectivity index (χ3v) is 5.89. The van der Waals surface area contributed by atoms with E-state index in [4.69, 9.17) is 9.47 Å². The summed E-state index contributed by atoms with van der Waals surface area (Å²) in [6, 6.07) is 14.0.